The molecule has 0 heterocycles. The van der Waals surface area contributed by atoms with E-state index in [0.29, 0.717) is 11.3 Å². The lowest BCUT2D eigenvalue weighted by atomic mass is 10.00. The van der Waals surface area contributed by atoms with Gasteiger partial charge < -0.3 is 0 Å². The normalized spacial score (nSPS) is 9.74. The van der Waals surface area contributed by atoms with Gasteiger partial charge in [0.2, 0.25) is 0 Å². The van der Waals surface area contributed by atoms with Crippen molar-refractivity contribution in [3.8, 4) is 11.8 Å². The zero-order valence-corrected chi connectivity index (χ0v) is 11.3. The highest BCUT2D eigenvalue weighted by molar-refractivity contribution is 8.13. The maximum absolute atomic E-state index is 11.1. The van der Waals surface area contributed by atoms with E-state index in [2.05, 4.69) is 11.8 Å². The van der Waals surface area contributed by atoms with Crippen molar-refractivity contribution in [3.63, 3.8) is 0 Å². The molecule has 2 rings (SSSR count). The Hall–Kier alpha value is -2.05. The first-order valence-electron chi connectivity index (χ1n) is 5.81. The standard InChI is InChI=1S/C16H12O2S/c1-12(18)19-10-4-7-16-14(11-17)9-8-13-5-2-3-6-15(13)16/h2-3,5-6,8-9,11H,10H2,1H3. The fourth-order valence-corrected chi connectivity index (χ4v) is 2.14. The van der Waals surface area contributed by atoms with Crippen molar-refractivity contribution in [3.05, 3.63) is 47.5 Å². The summed E-state index contributed by atoms with van der Waals surface area (Å²) in [6.07, 6.45) is 0.814. The SMILES string of the molecule is CC(=O)SCC#Cc1c(C=O)ccc2ccccc12. The zero-order chi connectivity index (χ0) is 13.7. The topological polar surface area (TPSA) is 34.1 Å². The van der Waals surface area contributed by atoms with Crippen LogP contribution < -0.4 is 0 Å². The van der Waals surface area contributed by atoms with Gasteiger partial charge in [-0.25, -0.2) is 0 Å². The van der Waals surface area contributed by atoms with Crippen molar-refractivity contribution < 1.29 is 9.59 Å². The van der Waals surface area contributed by atoms with E-state index in [1.807, 2.05) is 30.3 Å². The number of carbonyl (C=O) groups excluding carboxylic acids is 2. The maximum atomic E-state index is 11.1. The molecule has 0 unspecified atom stereocenters. The zero-order valence-electron chi connectivity index (χ0n) is 10.5. The minimum Gasteiger partial charge on any atom is -0.298 e. The summed E-state index contributed by atoms with van der Waals surface area (Å²) in [5.41, 5.74) is 1.32. The van der Waals surface area contributed by atoms with E-state index in [4.69, 9.17) is 0 Å². The van der Waals surface area contributed by atoms with Crippen LogP contribution in [-0.2, 0) is 4.79 Å². The molecule has 0 bridgehead atoms. The average molecular weight is 268 g/mol. The highest BCUT2D eigenvalue weighted by atomic mass is 32.2. The summed E-state index contributed by atoms with van der Waals surface area (Å²) in [4.78, 5) is 21.9. The van der Waals surface area contributed by atoms with E-state index in [-0.39, 0.29) is 5.12 Å². The third-order valence-corrected chi connectivity index (χ3v) is 3.34. The van der Waals surface area contributed by atoms with Crippen molar-refractivity contribution >= 4 is 33.9 Å². The van der Waals surface area contributed by atoms with Gasteiger partial charge in [-0.15, -0.1) is 0 Å². The number of carbonyl (C=O) groups is 2. The highest BCUT2D eigenvalue weighted by Crippen LogP contribution is 2.20. The predicted octanol–water partition coefficient (Wildman–Crippen LogP) is 3.28. The average Bonchev–Trinajstić information content (AvgIpc) is 2.43. The molecular weight excluding hydrogens is 256 g/mol. The highest BCUT2D eigenvalue weighted by Gasteiger charge is 2.04. The molecule has 0 aliphatic carbocycles. The fourth-order valence-electron chi connectivity index (χ4n) is 1.79. The van der Waals surface area contributed by atoms with E-state index in [0.717, 1.165) is 22.6 Å². The maximum Gasteiger partial charge on any atom is 0.186 e. The van der Waals surface area contributed by atoms with Crippen LogP contribution in [0.25, 0.3) is 10.8 Å². The molecule has 0 saturated heterocycles. The van der Waals surface area contributed by atoms with Gasteiger partial charge in [0.05, 0.1) is 5.75 Å². The van der Waals surface area contributed by atoms with Gasteiger partial charge in [0, 0.05) is 18.1 Å². The first-order valence-corrected chi connectivity index (χ1v) is 6.80. The Labute approximate surface area is 116 Å². The van der Waals surface area contributed by atoms with E-state index in [1.54, 1.807) is 6.07 Å². The first kappa shape index (κ1) is 13.4. The van der Waals surface area contributed by atoms with Gasteiger partial charge in [-0.1, -0.05) is 53.9 Å². The molecule has 0 aromatic heterocycles. The Morgan fingerprint density at radius 2 is 2.05 bits per heavy atom. The van der Waals surface area contributed by atoms with Gasteiger partial charge in [0.15, 0.2) is 11.4 Å². The second kappa shape index (κ2) is 6.21. The molecule has 0 aliphatic heterocycles. The molecule has 0 atom stereocenters. The Kier molecular flexibility index (Phi) is 4.38. The summed E-state index contributed by atoms with van der Waals surface area (Å²) in [5.74, 6) is 6.38. The van der Waals surface area contributed by atoms with E-state index in [1.165, 1.54) is 18.7 Å². The molecule has 0 radical (unpaired) electrons. The summed E-state index contributed by atoms with van der Waals surface area (Å²) in [7, 11) is 0. The minimum atomic E-state index is 0.0443. The summed E-state index contributed by atoms with van der Waals surface area (Å²) < 4.78 is 0. The van der Waals surface area contributed by atoms with Gasteiger partial charge >= 0.3 is 0 Å². The Bertz CT molecular complexity index is 693. The summed E-state index contributed by atoms with van der Waals surface area (Å²) in [6, 6.07) is 11.5. The molecule has 0 saturated carbocycles. The van der Waals surface area contributed by atoms with Crippen LogP contribution in [0.3, 0.4) is 0 Å². The molecule has 0 fully saturated rings. The van der Waals surface area contributed by atoms with Crippen LogP contribution in [-0.4, -0.2) is 17.2 Å². The molecule has 2 nitrogen and oxygen atoms in total. The molecule has 0 spiro atoms. The number of rotatable bonds is 2. The third-order valence-electron chi connectivity index (χ3n) is 2.65. The lowest BCUT2D eigenvalue weighted by Gasteiger charge is -2.03. The van der Waals surface area contributed by atoms with Crippen LogP contribution in [0.15, 0.2) is 36.4 Å². The van der Waals surface area contributed by atoms with Gasteiger partial charge in [0.25, 0.3) is 0 Å². The summed E-state index contributed by atoms with van der Waals surface area (Å²) in [6.45, 7) is 1.51. The third kappa shape index (κ3) is 3.24. The van der Waals surface area contributed by atoms with Gasteiger partial charge in [-0.3, -0.25) is 9.59 Å². The molecule has 2 aromatic carbocycles. The monoisotopic (exact) mass is 268 g/mol. The Morgan fingerprint density at radius 1 is 1.26 bits per heavy atom. The number of fused-ring (bicyclic) bond motifs is 1. The van der Waals surface area contributed by atoms with Gasteiger partial charge in [-0.2, -0.15) is 0 Å². The van der Waals surface area contributed by atoms with Crippen molar-refractivity contribution in [1.82, 2.24) is 0 Å². The largest absolute Gasteiger partial charge is 0.298 e. The second-order valence-electron chi connectivity index (χ2n) is 3.95. The van der Waals surface area contributed by atoms with Crippen LogP contribution >= 0.6 is 11.8 Å². The van der Waals surface area contributed by atoms with Crippen LogP contribution in [0.5, 0.6) is 0 Å². The van der Waals surface area contributed by atoms with Crippen molar-refractivity contribution in [2.75, 3.05) is 5.75 Å². The quantitative estimate of drug-likeness (QED) is 0.619. The number of hydrogen-bond acceptors (Lipinski definition) is 3. The van der Waals surface area contributed by atoms with E-state index >= 15 is 0 Å². The van der Waals surface area contributed by atoms with Crippen molar-refractivity contribution in [2.45, 2.75) is 6.92 Å². The summed E-state index contributed by atoms with van der Waals surface area (Å²) >= 11 is 1.17. The molecule has 0 aliphatic rings. The van der Waals surface area contributed by atoms with E-state index < -0.39 is 0 Å². The van der Waals surface area contributed by atoms with Crippen LogP contribution in [0.4, 0.5) is 0 Å². The number of thioether (sulfide) groups is 1. The molecule has 0 N–H and O–H groups in total. The van der Waals surface area contributed by atoms with Crippen LogP contribution in [0.2, 0.25) is 0 Å². The van der Waals surface area contributed by atoms with Crippen LogP contribution in [0, 0.1) is 11.8 Å². The smallest absolute Gasteiger partial charge is 0.186 e. The first-order chi connectivity index (χ1) is 9.22. The van der Waals surface area contributed by atoms with Crippen LogP contribution in [0.1, 0.15) is 22.8 Å². The Balaban J connectivity index is 2.44. The van der Waals surface area contributed by atoms with Crippen molar-refractivity contribution in [1.29, 1.82) is 0 Å². The molecule has 0 amide bonds. The molecule has 94 valence electrons. The fraction of sp³-hybridized carbons (Fsp3) is 0.125. The lowest BCUT2D eigenvalue weighted by Crippen LogP contribution is -1.90. The van der Waals surface area contributed by atoms with Crippen molar-refractivity contribution in [2.24, 2.45) is 0 Å². The van der Waals surface area contributed by atoms with E-state index in [9.17, 15) is 9.59 Å². The molecule has 19 heavy (non-hydrogen) atoms. The number of benzene rings is 2. The molecule has 3 heteroatoms. The second-order valence-corrected chi connectivity index (χ2v) is 5.10. The van der Waals surface area contributed by atoms with Gasteiger partial charge in [0.1, 0.15) is 0 Å². The van der Waals surface area contributed by atoms with Gasteiger partial charge in [-0.05, 0) is 16.8 Å². The Morgan fingerprint density at radius 3 is 2.79 bits per heavy atom. The molecule has 2 aromatic rings. The molecular formula is C16H12O2S. The lowest BCUT2D eigenvalue weighted by molar-refractivity contribution is -0.109. The predicted molar refractivity (Wildman–Crippen MR) is 79.4 cm³/mol. The summed E-state index contributed by atoms with van der Waals surface area (Å²) in [5, 5.41) is 2.06. The number of aldehydes is 1. The minimum absolute atomic E-state index is 0.0443. The number of hydrogen-bond donors (Lipinski definition) is 0.